The Morgan fingerprint density at radius 3 is 2.68 bits per heavy atom. The van der Waals surface area contributed by atoms with Gasteiger partial charge in [0.25, 0.3) is 0 Å². The predicted octanol–water partition coefficient (Wildman–Crippen LogP) is 4.28. The summed E-state index contributed by atoms with van der Waals surface area (Å²) in [7, 11) is 0. The summed E-state index contributed by atoms with van der Waals surface area (Å²) >= 11 is 0. The van der Waals surface area contributed by atoms with E-state index in [1.807, 2.05) is 36.4 Å². The van der Waals surface area contributed by atoms with Gasteiger partial charge in [0.1, 0.15) is 12.5 Å². The lowest BCUT2D eigenvalue weighted by molar-refractivity contribution is -0.00676. The number of hydrogen-bond acceptors (Lipinski definition) is 4. The third-order valence-corrected chi connectivity index (χ3v) is 5.60. The number of aromatic amines is 1. The first-order valence-electron chi connectivity index (χ1n) is 9.95. The molecule has 0 saturated carbocycles. The molecule has 1 unspecified atom stereocenters. The highest BCUT2D eigenvalue weighted by Gasteiger charge is 2.21. The Hall–Kier alpha value is -2.76. The van der Waals surface area contributed by atoms with E-state index in [4.69, 9.17) is 9.47 Å². The van der Waals surface area contributed by atoms with Crippen LogP contribution in [0.1, 0.15) is 30.5 Å². The van der Waals surface area contributed by atoms with Crippen molar-refractivity contribution in [2.45, 2.75) is 31.9 Å². The van der Waals surface area contributed by atoms with Gasteiger partial charge in [-0.05, 0) is 42.7 Å². The summed E-state index contributed by atoms with van der Waals surface area (Å²) < 4.78 is 11.7. The number of ether oxygens (including phenoxy) is 2. The molecule has 0 spiro atoms. The number of nitrogens with zero attached hydrogens (tertiary/aromatic N) is 1. The van der Waals surface area contributed by atoms with E-state index in [1.54, 1.807) is 6.26 Å². The van der Waals surface area contributed by atoms with Crippen LogP contribution in [0.2, 0.25) is 0 Å². The van der Waals surface area contributed by atoms with Crippen LogP contribution >= 0.6 is 0 Å². The molecule has 0 amide bonds. The van der Waals surface area contributed by atoms with E-state index < -0.39 is 6.23 Å². The fraction of sp³-hybridized carbons (Fsp3) is 0.304. The van der Waals surface area contributed by atoms with E-state index in [2.05, 4.69) is 22.0 Å². The van der Waals surface area contributed by atoms with Gasteiger partial charge in [-0.1, -0.05) is 30.7 Å². The number of para-hydroxylation sites is 2. The number of benzene rings is 2. The van der Waals surface area contributed by atoms with Crippen LogP contribution in [0.25, 0.3) is 16.7 Å². The van der Waals surface area contributed by atoms with Crippen LogP contribution in [-0.4, -0.2) is 34.3 Å². The van der Waals surface area contributed by atoms with Crippen LogP contribution in [0.15, 0.2) is 54.8 Å². The molecule has 2 aromatic carbocycles. The zero-order valence-corrected chi connectivity index (χ0v) is 15.7. The lowest BCUT2D eigenvalue weighted by Gasteiger charge is -2.31. The smallest absolute Gasteiger partial charge is 0.186 e. The molecule has 1 aromatic heterocycles. The molecule has 1 atom stereocenters. The van der Waals surface area contributed by atoms with Crippen molar-refractivity contribution in [3.8, 4) is 11.5 Å². The van der Waals surface area contributed by atoms with Gasteiger partial charge < -0.3 is 19.6 Å². The van der Waals surface area contributed by atoms with Crippen LogP contribution in [0.3, 0.4) is 0 Å². The molecule has 2 aliphatic rings. The second-order valence-electron chi connectivity index (χ2n) is 7.49. The molecule has 144 valence electrons. The molecular formula is C23H24N2O3. The molecule has 5 nitrogen and oxygen atoms in total. The van der Waals surface area contributed by atoms with Crippen molar-refractivity contribution in [1.82, 2.24) is 9.88 Å². The first-order chi connectivity index (χ1) is 13.8. The number of hydrogen-bond donors (Lipinski definition) is 2. The van der Waals surface area contributed by atoms with Crippen molar-refractivity contribution in [2.75, 3.05) is 13.1 Å². The maximum Gasteiger partial charge on any atom is 0.186 e. The lowest BCUT2D eigenvalue weighted by atomic mass is 10.0. The molecule has 3 heterocycles. The van der Waals surface area contributed by atoms with E-state index >= 15 is 0 Å². The van der Waals surface area contributed by atoms with Crippen molar-refractivity contribution < 1.29 is 14.6 Å². The van der Waals surface area contributed by atoms with Gasteiger partial charge in [0.05, 0.1) is 5.69 Å². The maximum atomic E-state index is 10.7. The Kier molecular flexibility index (Phi) is 4.55. The van der Waals surface area contributed by atoms with Crippen molar-refractivity contribution in [2.24, 2.45) is 0 Å². The number of nitrogens with one attached hydrogen (secondary N) is 1. The normalized spacial score (nSPS) is 18.1. The lowest BCUT2D eigenvalue weighted by Crippen LogP contribution is -2.40. The first kappa shape index (κ1) is 17.3. The summed E-state index contributed by atoms with van der Waals surface area (Å²) in [6, 6.07) is 15.9. The molecule has 1 saturated heterocycles. The molecular weight excluding hydrogens is 352 g/mol. The summed E-state index contributed by atoms with van der Waals surface area (Å²) in [6.45, 7) is 1.96. The highest BCUT2D eigenvalue weighted by atomic mass is 16.6. The number of fused-ring (bicyclic) bond motifs is 2. The summed E-state index contributed by atoms with van der Waals surface area (Å²) in [6.07, 6.45) is 5.42. The Morgan fingerprint density at radius 2 is 1.82 bits per heavy atom. The zero-order valence-electron chi connectivity index (χ0n) is 15.7. The third-order valence-electron chi connectivity index (χ3n) is 5.60. The molecule has 0 aliphatic carbocycles. The van der Waals surface area contributed by atoms with E-state index in [0.717, 1.165) is 35.2 Å². The van der Waals surface area contributed by atoms with Gasteiger partial charge in [-0.3, -0.25) is 4.90 Å². The van der Waals surface area contributed by atoms with Gasteiger partial charge in [0.2, 0.25) is 0 Å². The quantitative estimate of drug-likeness (QED) is 0.713. The molecule has 3 aromatic rings. The Bertz CT molecular complexity index is 1020. The van der Waals surface area contributed by atoms with E-state index in [9.17, 15) is 5.11 Å². The van der Waals surface area contributed by atoms with Crippen molar-refractivity contribution in [3.05, 3.63) is 66.1 Å². The predicted molar refractivity (Wildman–Crippen MR) is 109 cm³/mol. The number of piperidine rings is 1. The number of aliphatic hydroxyl groups is 1. The Labute approximate surface area is 164 Å². The minimum atomic E-state index is -0.440. The monoisotopic (exact) mass is 376 g/mol. The van der Waals surface area contributed by atoms with Crippen LogP contribution in [0, 0.1) is 0 Å². The number of aliphatic hydroxyl groups excluding tert-OH is 1. The highest BCUT2D eigenvalue weighted by molar-refractivity contribution is 5.87. The average molecular weight is 376 g/mol. The van der Waals surface area contributed by atoms with Gasteiger partial charge in [-0.25, -0.2) is 0 Å². The summed E-state index contributed by atoms with van der Waals surface area (Å²) in [5.74, 6) is 2.07. The fourth-order valence-corrected chi connectivity index (χ4v) is 4.08. The fourth-order valence-electron chi connectivity index (χ4n) is 4.08. The molecule has 2 N–H and O–H groups in total. The molecule has 0 bridgehead atoms. The molecule has 5 heteroatoms. The first-order valence-corrected chi connectivity index (χ1v) is 9.95. The topological polar surface area (TPSA) is 57.7 Å². The molecule has 0 radical (unpaired) electrons. The number of H-pyrrole nitrogens is 1. The van der Waals surface area contributed by atoms with Crippen LogP contribution in [0.5, 0.6) is 11.5 Å². The standard InChI is InChI=1S/C23H24N2O3/c26-23(25-11-4-1-5-12-25)13-16-7-6-8-18-17(16)14-19(24-18)22-15-27-20-9-2-3-10-21(20)28-22/h2-3,6-10,14-15,23-24,26H,1,4-5,11-13H2. The van der Waals surface area contributed by atoms with Gasteiger partial charge in [0, 0.05) is 30.4 Å². The number of aromatic nitrogens is 1. The molecule has 5 rings (SSSR count). The number of rotatable bonds is 4. The van der Waals surface area contributed by atoms with Gasteiger partial charge >= 0.3 is 0 Å². The zero-order chi connectivity index (χ0) is 18.9. The van der Waals surface area contributed by atoms with Gasteiger partial charge in [-0.2, -0.15) is 0 Å². The Balaban J connectivity index is 1.41. The summed E-state index contributed by atoms with van der Waals surface area (Å²) in [5, 5.41) is 11.8. The molecule has 2 aliphatic heterocycles. The second-order valence-corrected chi connectivity index (χ2v) is 7.49. The van der Waals surface area contributed by atoms with E-state index in [0.29, 0.717) is 23.7 Å². The minimum Gasteiger partial charge on any atom is -0.457 e. The minimum absolute atomic E-state index is 0.440. The van der Waals surface area contributed by atoms with Crippen LogP contribution in [0.4, 0.5) is 0 Å². The Morgan fingerprint density at radius 1 is 1.00 bits per heavy atom. The molecule has 28 heavy (non-hydrogen) atoms. The van der Waals surface area contributed by atoms with Crippen molar-refractivity contribution >= 4 is 16.7 Å². The van der Waals surface area contributed by atoms with Gasteiger partial charge in [-0.15, -0.1) is 0 Å². The SMILES string of the molecule is OC(Cc1cccc2[nH]c(C3=COc4ccccc4O3)cc12)N1CCCCC1. The van der Waals surface area contributed by atoms with Crippen molar-refractivity contribution in [1.29, 1.82) is 0 Å². The van der Waals surface area contributed by atoms with Gasteiger partial charge in [0.15, 0.2) is 17.3 Å². The van der Waals surface area contributed by atoms with E-state index in [1.165, 1.54) is 19.3 Å². The van der Waals surface area contributed by atoms with Crippen LogP contribution in [-0.2, 0) is 6.42 Å². The summed E-state index contributed by atoms with van der Waals surface area (Å²) in [5.41, 5.74) is 3.03. The largest absolute Gasteiger partial charge is 0.457 e. The number of likely N-dealkylation sites (tertiary alicyclic amines) is 1. The second kappa shape index (κ2) is 7.34. The summed E-state index contributed by atoms with van der Waals surface area (Å²) in [4.78, 5) is 5.61. The third kappa shape index (κ3) is 3.28. The maximum absolute atomic E-state index is 10.7. The van der Waals surface area contributed by atoms with Crippen molar-refractivity contribution in [3.63, 3.8) is 0 Å². The van der Waals surface area contributed by atoms with E-state index in [-0.39, 0.29) is 0 Å². The van der Waals surface area contributed by atoms with Crippen LogP contribution < -0.4 is 9.47 Å². The highest BCUT2D eigenvalue weighted by Crippen LogP contribution is 2.35. The average Bonchev–Trinajstić information content (AvgIpc) is 3.19. The molecule has 1 fully saturated rings.